The van der Waals surface area contributed by atoms with Crippen LogP contribution in [0.2, 0.25) is 0 Å². The van der Waals surface area contributed by atoms with Crippen LogP contribution in [0.5, 0.6) is 0 Å². The molecule has 3 heterocycles. The summed E-state index contributed by atoms with van der Waals surface area (Å²) in [6, 6.07) is 0.201. The lowest BCUT2D eigenvalue weighted by atomic mass is 9.70. The second-order valence-corrected chi connectivity index (χ2v) is 8.71. The highest BCUT2D eigenvalue weighted by Crippen LogP contribution is 2.40. The molecule has 0 aromatic heterocycles. The number of carbonyl (C=O) groups excluding carboxylic acids is 2. The first-order valence-corrected chi connectivity index (χ1v) is 10.3. The van der Waals surface area contributed by atoms with Gasteiger partial charge in [-0.25, -0.2) is 4.79 Å². The van der Waals surface area contributed by atoms with Gasteiger partial charge in [0.2, 0.25) is 0 Å². The lowest BCUT2D eigenvalue weighted by Crippen LogP contribution is -2.56. The Morgan fingerprint density at radius 3 is 2.60 bits per heavy atom. The van der Waals surface area contributed by atoms with Gasteiger partial charge in [0.15, 0.2) is 5.78 Å². The number of hydrogen-bond donors (Lipinski definition) is 0. The van der Waals surface area contributed by atoms with E-state index >= 15 is 0 Å². The molecule has 1 aliphatic carbocycles. The average molecular weight is 348 g/mol. The first-order valence-electron chi connectivity index (χ1n) is 10.3. The fraction of sp³-hybridized carbons (Fsp3) is 0.900. The van der Waals surface area contributed by atoms with Crippen LogP contribution >= 0.6 is 0 Å². The number of rotatable bonds is 1. The molecule has 4 aliphatic rings. The highest BCUT2D eigenvalue weighted by atomic mass is 16.5. The van der Waals surface area contributed by atoms with E-state index in [1.54, 1.807) is 0 Å². The Morgan fingerprint density at radius 1 is 1.04 bits per heavy atom. The summed E-state index contributed by atoms with van der Waals surface area (Å²) in [6.07, 6.45) is 8.12. The molecule has 0 bridgehead atoms. The molecule has 1 saturated carbocycles. The van der Waals surface area contributed by atoms with Crippen LogP contribution in [-0.2, 0) is 9.53 Å². The van der Waals surface area contributed by atoms with Crippen LogP contribution in [0.3, 0.4) is 0 Å². The number of ketones is 1. The molecule has 25 heavy (non-hydrogen) atoms. The van der Waals surface area contributed by atoms with Gasteiger partial charge in [-0.2, -0.15) is 0 Å². The summed E-state index contributed by atoms with van der Waals surface area (Å²) in [5.41, 5.74) is 0. The molecule has 4 fully saturated rings. The van der Waals surface area contributed by atoms with Crippen molar-refractivity contribution >= 4 is 11.8 Å². The van der Waals surface area contributed by atoms with Gasteiger partial charge in [0.25, 0.3) is 0 Å². The molecule has 2 amide bonds. The molecule has 3 saturated heterocycles. The Labute approximate surface area is 151 Å². The van der Waals surface area contributed by atoms with Crippen LogP contribution in [0.25, 0.3) is 0 Å². The monoisotopic (exact) mass is 348 g/mol. The SMILES string of the molecule is CCC1CCC2CN(C(=O)N3CC[C@H]4OCC(=O)C[C@H]4C3)CCC2C1. The molecule has 4 rings (SSSR count). The molecule has 3 unspecified atom stereocenters. The molecule has 5 atom stereocenters. The quantitative estimate of drug-likeness (QED) is 0.732. The van der Waals surface area contributed by atoms with E-state index < -0.39 is 0 Å². The number of Topliss-reactive ketones (excluding diaryl/α,β-unsaturated/α-hetero) is 1. The van der Waals surface area contributed by atoms with Crippen LogP contribution in [0.1, 0.15) is 51.9 Å². The van der Waals surface area contributed by atoms with Crippen molar-refractivity contribution in [1.29, 1.82) is 0 Å². The van der Waals surface area contributed by atoms with Crippen LogP contribution in [-0.4, -0.2) is 60.5 Å². The Kier molecular flexibility index (Phi) is 5.03. The summed E-state index contributed by atoms with van der Waals surface area (Å²) in [5, 5.41) is 0. The molecular formula is C20H32N2O3. The summed E-state index contributed by atoms with van der Waals surface area (Å²) in [7, 11) is 0. The fourth-order valence-corrected chi connectivity index (χ4v) is 5.61. The van der Waals surface area contributed by atoms with Gasteiger partial charge in [-0.1, -0.05) is 19.8 Å². The van der Waals surface area contributed by atoms with Crippen molar-refractivity contribution in [2.75, 3.05) is 32.8 Å². The maximum absolute atomic E-state index is 13.0. The summed E-state index contributed by atoms with van der Waals surface area (Å²) < 4.78 is 5.66. The Balaban J connectivity index is 1.33. The smallest absolute Gasteiger partial charge is 0.320 e. The Bertz CT molecular complexity index is 523. The van der Waals surface area contributed by atoms with Crippen molar-refractivity contribution in [3.05, 3.63) is 0 Å². The summed E-state index contributed by atoms with van der Waals surface area (Å²) >= 11 is 0. The maximum Gasteiger partial charge on any atom is 0.320 e. The second kappa shape index (κ2) is 7.26. The van der Waals surface area contributed by atoms with Gasteiger partial charge in [0.05, 0.1) is 6.10 Å². The zero-order valence-electron chi connectivity index (χ0n) is 15.5. The summed E-state index contributed by atoms with van der Waals surface area (Å²) in [5.74, 6) is 2.84. The minimum Gasteiger partial charge on any atom is -0.370 e. The minimum atomic E-state index is 0.178. The van der Waals surface area contributed by atoms with Gasteiger partial charge >= 0.3 is 6.03 Å². The van der Waals surface area contributed by atoms with E-state index in [-0.39, 0.29) is 30.4 Å². The van der Waals surface area contributed by atoms with E-state index in [2.05, 4.69) is 11.8 Å². The lowest BCUT2D eigenvalue weighted by Gasteiger charge is -2.46. The van der Waals surface area contributed by atoms with Gasteiger partial charge in [-0.3, -0.25) is 4.79 Å². The topological polar surface area (TPSA) is 49.9 Å². The number of hydrogen-bond acceptors (Lipinski definition) is 3. The number of fused-ring (bicyclic) bond motifs is 2. The summed E-state index contributed by atoms with van der Waals surface area (Å²) in [4.78, 5) is 28.8. The first-order chi connectivity index (χ1) is 12.1. The van der Waals surface area contributed by atoms with Gasteiger partial charge in [0.1, 0.15) is 6.61 Å². The number of ether oxygens (including phenoxy) is 1. The third-order valence-corrected chi connectivity index (χ3v) is 7.20. The molecule has 0 aromatic rings. The lowest BCUT2D eigenvalue weighted by molar-refractivity contribution is -0.140. The highest BCUT2D eigenvalue weighted by Gasteiger charge is 2.40. The molecule has 0 radical (unpaired) electrons. The number of carbonyl (C=O) groups is 2. The summed E-state index contributed by atoms with van der Waals surface area (Å²) in [6.45, 7) is 5.90. The highest BCUT2D eigenvalue weighted by molar-refractivity contribution is 5.81. The van der Waals surface area contributed by atoms with Gasteiger partial charge in [-0.15, -0.1) is 0 Å². The largest absolute Gasteiger partial charge is 0.370 e. The Hall–Kier alpha value is -1.10. The molecule has 0 spiro atoms. The van der Waals surface area contributed by atoms with Crippen molar-refractivity contribution in [3.63, 3.8) is 0 Å². The van der Waals surface area contributed by atoms with Crippen LogP contribution in [0.4, 0.5) is 4.79 Å². The van der Waals surface area contributed by atoms with E-state index in [4.69, 9.17) is 4.74 Å². The molecule has 0 N–H and O–H groups in total. The van der Waals surface area contributed by atoms with E-state index in [1.807, 2.05) is 4.90 Å². The molecular weight excluding hydrogens is 316 g/mol. The average Bonchev–Trinajstić information content (AvgIpc) is 2.65. The predicted octanol–water partition coefficient (Wildman–Crippen LogP) is 2.93. The van der Waals surface area contributed by atoms with E-state index in [0.29, 0.717) is 18.9 Å². The fourth-order valence-electron chi connectivity index (χ4n) is 5.61. The molecule has 140 valence electrons. The molecule has 5 nitrogen and oxygen atoms in total. The molecule has 5 heteroatoms. The van der Waals surface area contributed by atoms with E-state index in [0.717, 1.165) is 37.9 Å². The standard InChI is InChI=1S/C20H32N2O3/c1-2-14-3-4-16-11-21(7-5-15(16)9-14)20(24)22-8-6-19-17(12-22)10-18(23)13-25-19/h14-17,19H,2-13H2,1H3/t14?,15?,16?,17-,19+/m0/s1. The Morgan fingerprint density at radius 2 is 1.80 bits per heavy atom. The third-order valence-electron chi connectivity index (χ3n) is 7.20. The molecule has 0 aromatic carbocycles. The zero-order chi connectivity index (χ0) is 17.4. The first kappa shape index (κ1) is 17.3. The van der Waals surface area contributed by atoms with Crippen molar-refractivity contribution in [1.82, 2.24) is 9.80 Å². The number of amides is 2. The van der Waals surface area contributed by atoms with Gasteiger partial charge in [0, 0.05) is 38.5 Å². The normalized spacial score (nSPS) is 38.9. The number of likely N-dealkylation sites (tertiary alicyclic amines) is 2. The van der Waals surface area contributed by atoms with Crippen LogP contribution in [0, 0.1) is 23.7 Å². The number of piperidine rings is 2. The van der Waals surface area contributed by atoms with E-state index in [9.17, 15) is 9.59 Å². The van der Waals surface area contributed by atoms with E-state index in [1.165, 1.54) is 32.1 Å². The van der Waals surface area contributed by atoms with Crippen LogP contribution < -0.4 is 0 Å². The van der Waals surface area contributed by atoms with Gasteiger partial charge < -0.3 is 14.5 Å². The predicted molar refractivity (Wildman–Crippen MR) is 95.2 cm³/mol. The van der Waals surface area contributed by atoms with Crippen molar-refractivity contribution < 1.29 is 14.3 Å². The second-order valence-electron chi connectivity index (χ2n) is 8.71. The number of nitrogens with zero attached hydrogens (tertiary/aromatic N) is 2. The van der Waals surface area contributed by atoms with Gasteiger partial charge in [-0.05, 0) is 43.4 Å². The number of urea groups is 1. The zero-order valence-corrected chi connectivity index (χ0v) is 15.5. The minimum absolute atomic E-state index is 0.178. The van der Waals surface area contributed by atoms with Crippen molar-refractivity contribution in [2.45, 2.75) is 58.0 Å². The third kappa shape index (κ3) is 3.57. The molecule has 3 aliphatic heterocycles. The van der Waals surface area contributed by atoms with Crippen LogP contribution in [0.15, 0.2) is 0 Å². The van der Waals surface area contributed by atoms with Crippen molar-refractivity contribution in [2.24, 2.45) is 23.7 Å². The van der Waals surface area contributed by atoms with Crippen molar-refractivity contribution in [3.8, 4) is 0 Å². The maximum atomic E-state index is 13.0.